The molecule has 31 heavy (non-hydrogen) atoms. The van der Waals surface area contributed by atoms with Crippen LogP contribution in [0.3, 0.4) is 0 Å². The van der Waals surface area contributed by atoms with Gasteiger partial charge in [-0.1, -0.05) is 33.3 Å². The Morgan fingerprint density at radius 2 is 1.77 bits per heavy atom. The van der Waals surface area contributed by atoms with Gasteiger partial charge < -0.3 is 29.9 Å². The van der Waals surface area contributed by atoms with Crippen molar-refractivity contribution >= 4 is 0 Å². The molecular formula is C25H44O6. The Balaban J connectivity index is 1.75. The molecular weight excluding hydrogens is 396 g/mol. The number of hydrogen-bond acceptors (Lipinski definition) is 6. The molecule has 0 radical (unpaired) electrons. The van der Waals surface area contributed by atoms with E-state index in [1.807, 2.05) is 13.8 Å². The van der Waals surface area contributed by atoms with E-state index in [1.54, 1.807) is 6.08 Å². The summed E-state index contributed by atoms with van der Waals surface area (Å²) in [6.07, 6.45) is 3.70. The summed E-state index contributed by atoms with van der Waals surface area (Å²) in [5, 5.41) is 41.4. The van der Waals surface area contributed by atoms with E-state index in [0.717, 1.165) is 25.7 Å². The van der Waals surface area contributed by atoms with Gasteiger partial charge in [0.25, 0.3) is 0 Å². The third-order valence-electron chi connectivity index (χ3n) is 8.96. The SMILES string of the molecule is C=CC(C)(CCC1C(C)(O)CCC2C(C)(C)CCCC21C)OC1OCC(O)C(O)C1O. The number of ether oxygens (including phenoxy) is 2. The van der Waals surface area contributed by atoms with Crippen LogP contribution >= 0.6 is 0 Å². The summed E-state index contributed by atoms with van der Waals surface area (Å²) in [6.45, 7) is 14.9. The lowest BCUT2D eigenvalue weighted by molar-refractivity contribution is -0.293. The molecule has 0 bridgehead atoms. The van der Waals surface area contributed by atoms with Gasteiger partial charge in [0, 0.05) is 0 Å². The van der Waals surface area contributed by atoms with Gasteiger partial charge in [-0.3, -0.25) is 0 Å². The van der Waals surface area contributed by atoms with Crippen LogP contribution in [0.25, 0.3) is 0 Å². The van der Waals surface area contributed by atoms with E-state index in [9.17, 15) is 20.4 Å². The predicted octanol–water partition coefficient (Wildman–Crippen LogP) is 3.16. The first kappa shape index (κ1) is 25.1. The highest BCUT2D eigenvalue weighted by molar-refractivity contribution is 5.08. The molecule has 9 atom stereocenters. The Morgan fingerprint density at radius 1 is 1.10 bits per heavy atom. The molecule has 2 saturated carbocycles. The second-order valence-electron chi connectivity index (χ2n) is 11.8. The predicted molar refractivity (Wildman–Crippen MR) is 119 cm³/mol. The number of hydrogen-bond donors (Lipinski definition) is 4. The van der Waals surface area contributed by atoms with Crippen LogP contribution in [0.15, 0.2) is 12.7 Å². The van der Waals surface area contributed by atoms with Gasteiger partial charge in [0.1, 0.15) is 18.3 Å². The summed E-state index contributed by atoms with van der Waals surface area (Å²) in [5.41, 5.74) is -1.19. The Labute approximate surface area is 187 Å². The Hall–Kier alpha value is -0.500. The molecule has 0 aromatic heterocycles. The van der Waals surface area contributed by atoms with Crippen molar-refractivity contribution in [3.05, 3.63) is 12.7 Å². The molecule has 1 heterocycles. The minimum atomic E-state index is -1.33. The fourth-order valence-electron chi connectivity index (χ4n) is 7.05. The van der Waals surface area contributed by atoms with Crippen LogP contribution in [-0.2, 0) is 9.47 Å². The van der Waals surface area contributed by atoms with Crippen molar-refractivity contribution < 1.29 is 29.9 Å². The standard InChI is InChI=1S/C25H44O6/c1-7-23(4,31-21-20(28)19(27)16(26)15-30-21)13-9-18-24(5)12-8-11-22(2,3)17(24)10-14-25(18,6)29/h7,16-21,26-29H,1,8-15H2,2-6H3. The quantitative estimate of drug-likeness (QED) is 0.474. The first-order valence-electron chi connectivity index (χ1n) is 12.0. The van der Waals surface area contributed by atoms with Gasteiger partial charge in [0.2, 0.25) is 0 Å². The maximum Gasteiger partial charge on any atom is 0.187 e. The molecule has 3 aliphatic rings. The third-order valence-corrected chi connectivity index (χ3v) is 8.96. The Bertz CT molecular complexity index is 648. The van der Waals surface area contributed by atoms with E-state index in [4.69, 9.17) is 9.47 Å². The first-order valence-corrected chi connectivity index (χ1v) is 12.0. The number of fused-ring (bicyclic) bond motifs is 1. The highest BCUT2D eigenvalue weighted by Crippen LogP contribution is 2.63. The highest BCUT2D eigenvalue weighted by Gasteiger charge is 2.58. The topological polar surface area (TPSA) is 99.4 Å². The maximum atomic E-state index is 11.4. The van der Waals surface area contributed by atoms with Gasteiger partial charge in [-0.05, 0) is 75.0 Å². The molecule has 0 aromatic rings. The molecule has 0 spiro atoms. The molecule has 180 valence electrons. The van der Waals surface area contributed by atoms with Crippen LogP contribution < -0.4 is 0 Å². The van der Waals surface area contributed by atoms with E-state index >= 15 is 0 Å². The van der Waals surface area contributed by atoms with Crippen LogP contribution in [-0.4, -0.2) is 62.8 Å². The largest absolute Gasteiger partial charge is 0.390 e. The highest BCUT2D eigenvalue weighted by atomic mass is 16.7. The van der Waals surface area contributed by atoms with Crippen molar-refractivity contribution in [3.8, 4) is 0 Å². The molecule has 9 unspecified atom stereocenters. The average Bonchev–Trinajstić information content (AvgIpc) is 2.67. The van der Waals surface area contributed by atoms with Crippen molar-refractivity contribution in [1.82, 2.24) is 0 Å². The number of rotatable bonds is 6. The van der Waals surface area contributed by atoms with Gasteiger partial charge in [0.15, 0.2) is 6.29 Å². The maximum absolute atomic E-state index is 11.4. The Kier molecular flexibility index (Phi) is 7.05. The van der Waals surface area contributed by atoms with Crippen molar-refractivity contribution in [2.75, 3.05) is 6.61 Å². The molecule has 2 aliphatic carbocycles. The van der Waals surface area contributed by atoms with Crippen molar-refractivity contribution in [2.24, 2.45) is 22.7 Å². The monoisotopic (exact) mass is 440 g/mol. The third kappa shape index (κ3) is 4.75. The van der Waals surface area contributed by atoms with Crippen LogP contribution in [0.1, 0.15) is 79.6 Å². The summed E-state index contributed by atoms with van der Waals surface area (Å²) in [4.78, 5) is 0. The Morgan fingerprint density at radius 3 is 2.42 bits per heavy atom. The van der Waals surface area contributed by atoms with E-state index in [1.165, 1.54) is 12.8 Å². The van der Waals surface area contributed by atoms with Crippen LogP contribution in [0, 0.1) is 22.7 Å². The molecule has 3 rings (SSSR count). The van der Waals surface area contributed by atoms with Gasteiger partial charge >= 0.3 is 0 Å². The first-order chi connectivity index (χ1) is 14.3. The fourth-order valence-corrected chi connectivity index (χ4v) is 7.05. The van der Waals surface area contributed by atoms with Gasteiger partial charge in [-0.15, -0.1) is 6.58 Å². The summed E-state index contributed by atoms with van der Waals surface area (Å²) < 4.78 is 11.5. The lowest BCUT2D eigenvalue weighted by atomic mass is 9.45. The van der Waals surface area contributed by atoms with Crippen molar-refractivity contribution in [1.29, 1.82) is 0 Å². The normalized spacial score (nSPS) is 47.3. The molecule has 1 aliphatic heterocycles. The van der Waals surface area contributed by atoms with E-state index < -0.39 is 35.8 Å². The summed E-state index contributed by atoms with van der Waals surface area (Å²) in [5.74, 6) is 0.709. The zero-order valence-electron chi connectivity index (χ0n) is 20.0. The van der Waals surface area contributed by atoms with Gasteiger partial charge in [0.05, 0.1) is 17.8 Å². The van der Waals surface area contributed by atoms with Gasteiger partial charge in [-0.2, -0.15) is 0 Å². The molecule has 1 saturated heterocycles. The van der Waals surface area contributed by atoms with E-state index in [-0.39, 0.29) is 23.4 Å². The lowest BCUT2D eigenvalue weighted by Crippen LogP contribution is -2.58. The fraction of sp³-hybridized carbons (Fsp3) is 0.920. The second-order valence-corrected chi connectivity index (χ2v) is 11.8. The van der Waals surface area contributed by atoms with Crippen LogP contribution in [0.4, 0.5) is 0 Å². The smallest absolute Gasteiger partial charge is 0.187 e. The van der Waals surface area contributed by atoms with Gasteiger partial charge in [-0.25, -0.2) is 0 Å². The van der Waals surface area contributed by atoms with Crippen LogP contribution in [0.2, 0.25) is 0 Å². The molecule has 4 N–H and O–H groups in total. The number of aliphatic hydroxyl groups excluding tert-OH is 3. The minimum absolute atomic E-state index is 0.0622. The molecule has 6 heteroatoms. The van der Waals surface area contributed by atoms with Crippen molar-refractivity contribution in [3.63, 3.8) is 0 Å². The second kappa shape index (κ2) is 8.69. The average molecular weight is 441 g/mol. The zero-order chi connectivity index (χ0) is 23.2. The zero-order valence-corrected chi connectivity index (χ0v) is 20.0. The van der Waals surface area contributed by atoms with E-state index in [2.05, 4.69) is 27.4 Å². The summed E-state index contributed by atoms with van der Waals surface area (Å²) in [6, 6.07) is 0. The number of aliphatic hydroxyl groups is 4. The van der Waals surface area contributed by atoms with E-state index in [0.29, 0.717) is 12.3 Å². The molecule has 0 amide bonds. The van der Waals surface area contributed by atoms with Crippen LogP contribution in [0.5, 0.6) is 0 Å². The molecule has 0 aromatic carbocycles. The molecule has 3 fully saturated rings. The molecule has 6 nitrogen and oxygen atoms in total. The van der Waals surface area contributed by atoms with Crippen molar-refractivity contribution in [2.45, 2.75) is 115 Å². The summed E-state index contributed by atoms with van der Waals surface area (Å²) in [7, 11) is 0. The summed E-state index contributed by atoms with van der Waals surface area (Å²) >= 11 is 0. The lowest BCUT2D eigenvalue weighted by Gasteiger charge is -2.61. The minimum Gasteiger partial charge on any atom is -0.390 e.